The topological polar surface area (TPSA) is 65.5 Å². The number of aromatic nitrogens is 1. The van der Waals surface area contributed by atoms with Crippen molar-refractivity contribution >= 4 is 11.8 Å². The molecular formula is C20H30N4O2. The number of rotatable bonds is 5. The monoisotopic (exact) mass is 358 g/mol. The fourth-order valence-corrected chi connectivity index (χ4v) is 4.08. The average molecular weight is 358 g/mol. The number of carbonyl (C=O) groups excluding carboxylic acids is 2. The molecular weight excluding hydrogens is 328 g/mol. The molecule has 0 aromatic carbocycles. The van der Waals surface area contributed by atoms with Crippen molar-refractivity contribution < 1.29 is 9.59 Å². The first-order valence-electron chi connectivity index (χ1n) is 9.86. The second-order valence-corrected chi connectivity index (χ2v) is 7.34. The van der Waals surface area contributed by atoms with Crippen LogP contribution in [0.5, 0.6) is 0 Å². The zero-order valence-electron chi connectivity index (χ0n) is 15.7. The van der Waals surface area contributed by atoms with E-state index in [9.17, 15) is 9.59 Å². The summed E-state index contributed by atoms with van der Waals surface area (Å²) in [6.45, 7) is 6.02. The normalized spacial score (nSPS) is 22.2. The molecule has 2 aliphatic rings. The van der Waals surface area contributed by atoms with Crippen LogP contribution in [0.15, 0.2) is 24.4 Å². The predicted molar refractivity (Wildman–Crippen MR) is 100 cm³/mol. The zero-order valence-corrected chi connectivity index (χ0v) is 15.7. The summed E-state index contributed by atoms with van der Waals surface area (Å²) >= 11 is 0. The lowest BCUT2D eigenvalue weighted by Crippen LogP contribution is -2.51. The molecule has 0 aliphatic carbocycles. The molecule has 6 heteroatoms. The van der Waals surface area contributed by atoms with Gasteiger partial charge in [0.05, 0.1) is 18.2 Å². The van der Waals surface area contributed by atoms with Gasteiger partial charge in [-0.3, -0.25) is 19.5 Å². The van der Waals surface area contributed by atoms with Gasteiger partial charge in [-0.25, -0.2) is 0 Å². The van der Waals surface area contributed by atoms with Gasteiger partial charge in [-0.2, -0.15) is 0 Å². The number of carbonyl (C=O) groups is 2. The minimum Gasteiger partial charge on any atom is -0.350 e. The van der Waals surface area contributed by atoms with Gasteiger partial charge in [0.25, 0.3) is 0 Å². The Kier molecular flexibility index (Phi) is 6.61. The van der Waals surface area contributed by atoms with Crippen LogP contribution < -0.4 is 5.32 Å². The Hall–Kier alpha value is -1.95. The van der Waals surface area contributed by atoms with Gasteiger partial charge in [-0.05, 0) is 44.4 Å². The highest BCUT2D eigenvalue weighted by molar-refractivity contribution is 5.79. The Morgan fingerprint density at radius 3 is 2.69 bits per heavy atom. The zero-order chi connectivity index (χ0) is 18.4. The van der Waals surface area contributed by atoms with E-state index in [4.69, 9.17) is 0 Å². The summed E-state index contributed by atoms with van der Waals surface area (Å²) in [5, 5.41) is 3.04. The van der Waals surface area contributed by atoms with Crippen molar-refractivity contribution in [2.75, 3.05) is 26.2 Å². The van der Waals surface area contributed by atoms with Crippen LogP contribution in [0.2, 0.25) is 0 Å². The molecule has 1 aromatic rings. The summed E-state index contributed by atoms with van der Waals surface area (Å²) in [6.07, 6.45) is 6.40. The molecule has 0 saturated carbocycles. The summed E-state index contributed by atoms with van der Waals surface area (Å²) in [4.78, 5) is 33.1. The van der Waals surface area contributed by atoms with Crippen LogP contribution in [0.1, 0.15) is 44.7 Å². The Morgan fingerprint density at radius 2 is 2.00 bits per heavy atom. The van der Waals surface area contributed by atoms with Crippen LogP contribution in [-0.4, -0.2) is 58.8 Å². The smallest absolute Gasteiger partial charge is 0.224 e. The fourth-order valence-electron chi connectivity index (χ4n) is 4.08. The van der Waals surface area contributed by atoms with Gasteiger partial charge in [0.15, 0.2) is 0 Å². The van der Waals surface area contributed by atoms with E-state index in [1.54, 1.807) is 6.20 Å². The number of nitrogens with one attached hydrogen (secondary N) is 1. The lowest BCUT2D eigenvalue weighted by atomic mass is 9.93. The van der Waals surface area contributed by atoms with E-state index in [1.807, 2.05) is 30.0 Å². The molecule has 1 N–H and O–H groups in total. The molecule has 6 nitrogen and oxygen atoms in total. The van der Waals surface area contributed by atoms with Crippen LogP contribution in [0.4, 0.5) is 0 Å². The summed E-state index contributed by atoms with van der Waals surface area (Å²) in [6, 6.07) is 6.25. The van der Waals surface area contributed by atoms with Crippen molar-refractivity contribution in [3.05, 3.63) is 30.1 Å². The van der Waals surface area contributed by atoms with Crippen molar-refractivity contribution in [1.82, 2.24) is 20.1 Å². The predicted octanol–water partition coefficient (Wildman–Crippen LogP) is 1.81. The molecule has 3 rings (SSSR count). The standard InChI is InChI=1S/C20H30N4O2/c1-2-19(25)23-12-8-18(9-13-23)24-11-5-6-16(15-24)20(26)22-14-17-7-3-4-10-21-17/h3-4,7,10,16,18H,2,5-6,8-9,11-15H2,1H3,(H,22,26). The highest BCUT2D eigenvalue weighted by Gasteiger charge is 2.32. The highest BCUT2D eigenvalue weighted by Crippen LogP contribution is 2.24. The number of amides is 2. The molecule has 0 spiro atoms. The second kappa shape index (κ2) is 9.12. The average Bonchev–Trinajstić information content (AvgIpc) is 2.72. The molecule has 2 saturated heterocycles. The number of nitrogens with zero attached hydrogens (tertiary/aromatic N) is 3. The number of hydrogen-bond acceptors (Lipinski definition) is 4. The minimum atomic E-state index is 0.0581. The molecule has 142 valence electrons. The third-order valence-electron chi connectivity index (χ3n) is 5.63. The van der Waals surface area contributed by atoms with Crippen molar-refractivity contribution in [3.8, 4) is 0 Å². The van der Waals surface area contributed by atoms with E-state index < -0.39 is 0 Å². The van der Waals surface area contributed by atoms with Gasteiger partial charge < -0.3 is 10.2 Å². The van der Waals surface area contributed by atoms with E-state index in [2.05, 4.69) is 15.2 Å². The van der Waals surface area contributed by atoms with E-state index in [-0.39, 0.29) is 17.7 Å². The molecule has 0 radical (unpaired) electrons. The van der Waals surface area contributed by atoms with Gasteiger partial charge in [0, 0.05) is 38.3 Å². The number of likely N-dealkylation sites (tertiary alicyclic amines) is 2. The maximum Gasteiger partial charge on any atom is 0.224 e. The van der Waals surface area contributed by atoms with Crippen molar-refractivity contribution in [3.63, 3.8) is 0 Å². The van der Waals surface area contributed by atoms with Crippen LogP contribution in [0.3, 0.4) is 0 Å². The summed E-state index contributed by atoms with van der Waals surface area (Å²) in [5.41, 5.74) is 0.890. The summed E-state index contributed by atoms with van der Waals surface area (Å²) < 4.78 is 0. The third-order valence-corrected chi connectivity index (χ3v) is 5.63. The molecule has 3 heterocycles. The Balaban J connectivity index is 1.46. The van der Waals surface area contributed by atoms with Crippen LogP contribution in [0.25, 0.3) is 0 Å². The van der Waals surface area contributed by atoms with Gasteiger partial charge in [0.2, 0.25) is 11.8 Å². The quantitative estimate of drug-likeness (QED) is 0.872. The molecule has 1 aromatic heterocycles. The first kappa shape index (κ1) is 18.8. The Morgan fingerprint density at radius 1 is 1.19 bits per heavy atom. The van der Waals surface area contributed by atoms with Gasteiger partial charge >= 0.3 is 0 Å². The van der Waals surface area contributed by atoms with E-state index >= 15 is 0 Å². The molecule has 26 heavy (non-hydrogen) atoms. The summed E-state index contributed by atoms with van der Waals surface area (Å²) in [5.74, 6) is 0.454. The number of hydrogen-bond donors (Lipinski definition) is 1. The number of pyridine rings is 1. The third kappa shape index (κ3) is 4.81. The van der Waals surface area contributed by atoms with Crippen molar-refractivity contribution in [2.24, 2.45) is 5.92 Å². The first-order valence-corrected chi connectivity index (χ1v) is 9.86. The Labute approximate surface area is 156 Å². The van der Waals surface area contributed by atoms with Gasteiger partial charge in [0.1, 0.15) is 0 Å². The second-order valence-electron chi connectivity index (χ2n) is 7.34. The Bertz CT molecular complexity index is 599. The van der Waals surface area contributed by atoms with Gasteiger partial charge in [-0.15, -0.1) is 0 Å². The maximum atomic E-state index is 12.6. The van der Waals surface area contributed by atoms with Crippen LogP contribution in [0, 0.1) is 5.92 Å². The van der Waals surface area contributed by atoms with Gasteiger partial charge in [-0.1, -0.05) is 13.0 Å². The van der Waals surface area contributed by atoms with E-state index in [1.165, 1.54) is 0 Å². The SMILES string of the molecule is CCC(=O)N1CCC(N2CCCC(C(=O)NCc3ccccn3)C2)CC1. The lowest BCUT2D eigenvalue weighted by Gasteiger charge is -2.42. The largest absolute Gasteiger partial charge is 0.350 e. The van der Waals surface area contributed by atoms with Crippen LogP contribution >= 0.6 is 0 Å². The van der Waals surface area contributed by atoms with Crippen molar-refractivity contribution in [2.45, 2.75) is 51.6 Å². The molecule has 2 aliphatic heterocycles. The van der Waals surface area contributed by atoms with E-state index in [0.717, 1.165) is 57.6 Å². The molecule has 2 amide bonds. The number of piperidine rings is 2. The minimum absolute atomic E-state index is 0.0581. The van der Waals surface area contributed by atoms with E-state index in [0.29, 0.717) is 19.0 Å². The molecule has 0 bridgehead atoms. The first-order chi connectivity index (χ1) is 12.7. The molecule has 1 unspecified atom stereocenters. The fraction of sp³-hybridized carbons (Fsp3) is 0.650. The maximum absolute atomic E-state index is 12.6. The summed E-state index contributed by atoms with van der Waals surface area (Å²) in [7, 11) is 0. The molecule has 2 fully saturated rings. The lowest BCUT2D eigenvalue weighted by molar-refractivity contribution is -0.132. The molecule has 1 atom stereocenters. The highest BCUT2D eigenvalue weighted by atomic mass is 16.2. The van der Waals surface area contributed by atoms with Crippen LogP contribution in [-0.2, 0) is 16.1 Å². The van der Waals surface area contributed by atoms with Crippen molar-refractivity contribution in [1.29, 1.82) is 0 Å².